The zero-order valence-electron chi connectivity index (χ0n) is 10.4. The Hall–Kier alpha value is -1.24. The summed E-state index contributed by atoms with van der Waals surface area (Å²) in [5.41, 5.74) is 7.45. The van der Waals surface area contributed by atoms with E-state index in [9.17, 15) is 10.1 Å². The Balaban J connectivity index is 2.51. The van der Waals surface area contributed by atoms with Crippen LogP contribution in [0.5, 0.6) is 0 Å². The van der Waals surface area contributed by atoms with Crippen molar-refractivity contribution in [1.29, 1.82) is 0 Å². The minimum Gasteiger partial charge on any atom is -0.398 e. The SMILES string of the molecule is Cc1ccc(Cl)c(Sc2ccc(Br)cc2[N+](=O)[O-])c1N. The van der Waals surface area contributed by atoms with Crippen LogP contribution in [0.15, 0.2) is 44.6 Å². The normalized spacial score (nSPS) is 10.6. The van der Waals surface area contributed by atoms with Crippen molar-refractivity contribution in [3.8, 4) is 0 Å². The predicted molar refractivity (Wildman–Crippen MR) is 85.5 cm³/mol. The van der Waals surface area contributed by atoms with Gasteiger partial charge in [0.2, 0.25) is 0 Å². The molecule has 0 aliphatic heterocycles. The molecule has 104 valence electrons. The van der Waals surface area contributed by atoms with Crippen LogP contribution in [0, 0.1) is 17.0 Å². The van der Waals surface area contributed by atoms with Gasteiger partial charge in [0.1, 0.15) is 0 Å². The highest BCUT2D eigenvalue weighted by Crippen LogP contribution is 2.42. The molecule has 2 aromatic carbocycles. The van der Waals surface area contributed by atoms with Gasteiger partial charge in [-0.25, -0.2) is 0 Å². The zero-order valence-corrected chi connectivity index (χ0v) is 13.6. The first-order valence-corrected chi connectivity index (χ1v) is 7.55. The van der Waals surface area contributed by atoms with Crippen molar-refractivity contribution in [2.75, 3.05) is 5.73 Å². The molecule has 0 aromatic heterocycles. The Morgan fingerprint density at radius 3 is 2.70 bits per heavy atom. The number of nitro groups is 1. The third-order valence-electron chi connectivity index (χ3n) is 2.70. The summed E-state index contributed by atoms with van der Waals surface area (Å²) < 4.78 is 0.650. The highest BCUT2D eigenvalue weighted by atomic mass is 79.9. The Bertz CT molecular complexity index is 694. The molecule has 7 heteroatoms. The summed E-state index contributed by atoms with van der Waals surface area (Å²) in [6.45, 7) is 1.87. The molecule has 2 rings (SSSR count). The van der Waals surface area contributed by atoms with Gasteiger partial charge in [-0.05, 0) is 30.7 Å². The lowest BCUT2D eigenvalue weighted by Gasteiger charge is -2.10. The smallest absolute Gasteiger partial charge is 0.284 e. The van der Waals surface area contributed by atoms with Crippen LogP contribution >= 0.6 is 39.3 Å². The molecule has 2 aromatic rings. The number of hydrogen-bond acceptors (Lipinski definition) is 4. The van der Waals surface area contributed by atoms with Crippen molar-refractivity contribution in [3.63, 3.8) is 0 Å². The number of nitrogen functional groups attached to an aromatic ring is 1. The minimum atomic E-state index is -0.424. The molecule has 0 bridgehead atoms. The van der Waals surface area contributed by atoms with Gasteiger partial charge in [-0.15, -0.1) is 0 Å². The molecular formula is C13H10BrClN2O2S. The van der Waals surface area contributed by atoms with Gasteiger partial charge in [-0.3, -0.25) is 10.1 Å². The topological polar surface area (TPSA) is 69.2 Å². The second-order valence-electron chi connectivity index (χ2n) is 4.08. The molecular weight excluding hydrogens is 364 g/mol. The van der Waals surface area contributed by atoms with Gasteiger partial charge in [0.05, 0.1) is 25.4 Å². The number of aryl methyl sites for hydroxylation is 1. The van der Waals surface area contributed by atoms with Crippen molar-refractivity contribution in [1.82, 2.24) is 0 Å². The number of anilines is 1. The first kappa shape index (κ1) is 15.2. The summed E-state index contributed by atoms with van der Waals surface area (Å²) in [5.74, 6) is 0. The van der Waals surface area contributed by atoms with Crippen molar-refractivity contribution >= 4 is 50.7 Å². The molecule has 0 aliphatic carbocycles. The van der Waals surface area contributed by atoms with Crippen molar-refractivity contribution < 1.29 is 4.92 Å². The third-order valence-corrected chi connectivity index (χ3v) is 4.83. The fraction of sp³-hybridized carbons (Fsp3) is 0.0769. The fourth-order valence-electron chi connectivity index (χ4n) is 1.60. The lowest BCUT2D eigenvalue weighted by atomic mass is 10.2. The van der Waals surface area contributed by atoms with Crippen LogP contribution in [0.2, 0.25) is 5.02 Å². The zero-order chi connectivity index (χ0) is 14.9. The minimum absolute atomic E-state index is 0.0151. The molecule has 0 unspecified atom stereocenters. The molecule has 2 N–H and O–H groups in total. The largest absolute Gasteiger partial charge is 0.398 e. The van der Waals surface area contributed by atoms with E-state index >= 15 is 0 Å². The summed E-state index contributed by atoms with van der Waals surface area (Å²) in [6, 6.07) is 8.43. The summed E-state index contributed by atoms with van der Waals surface area (Å²) >= 11 is 10.6. The second kappa shape index (κ2) is 6.03. The quantitative estimate of drug-likeness (QED) is 0.464. The van der Waals surface area contributed by atoms with Crippen LogP contribution < -0.4 is 5.73 Å². The van der Waals surface area contributed by atoms with E-state index in [-0.39, 0.29) is 5.69 Å². The van der Waals surface area contributed by atoms with Crippen LogP contribution in [0.1, 0.15) is 5.56 Å². The van der Waals surface area contributed by atoms with E-state index in [1.807, 2.05) is 13.0 Å². The average molecular weight is 374 g/mol. The van der Waals surface area contributed by atoms with E-state index in [4.69, 9.17) is 17.3 Å². The van der Waals surface area contributed by atoms with Gasteiger partial charge < -0.3 is 5.73 Å². The Kier molecular flexibility index (Phi) is 4.57. The molecule has 0 atom stereocenters. The summed E-state index contributed by atoms with van der Waals surface area (Å²) in [6.07, 6.45) is 0. The lowest BCUT2D eigenvalue weighted by molar-refractivity contribution is -0.387. The van der Waals surface area contributed by atoms with Crippen molar-refractivity contribution in [2.45, 2.75) is 16.7 Å². The number of rotatable bonds is 3. The molecule has 20 heavy (non-hydrogen) atoms. The highest BCUT2D eigenvalue weighted by molar-refractivity contribution is 9.10. The average Bonchev–Trinajstić information content (AvgIpc) is 2.40. The van der Waals surface area contributed by atoms with E-state index in [0.717, 1.165) is 5.56 Å². The van der Waals surface area contributed by atoms with Crippen LogP contribution in [-0.4, -0.2) is 4.92 Å². The molecule has 0 spiro atoms. The highest BCUT2D eigenvalue weighted by Gasteiger charge is 2.18. The molecule has 0 fully saturated rings. The first-order chi connectivity index (χ1) is 9.40. The van der Waals surface area contributed by atoms with Gasteiger partial charge >= 0.3 is 0 Å². The maximum Gasteiger partial charge on any atom is 0.284 e. The summed E-state index contributed by atoms with van der Waals surface area (Å²) in [7, 11) is 0. The number of halogens is 2. The third kappa shape index (κ3) is 3.08. The maximum absolute atomic E-state index is 11.1. The Morgan fingerprint density at radius 1 is 1.35 bits per heavy atom. The number of nitrogens with zero attached hydrogens (tertiary/aromatic N) is 1. The summed E-state index contributed by atoms with van der Waals surface area (Å²) in [4.78, 5) is 11.8. The van der Waals surface area contributed by atoms with Crippen molar-refractivity contribution in [2.24, 2.45) is 0 Å². The van der Waals surface area contributed by atoms with E-state index in [1.165, 1.54) is 17.8 Å². The van der Waals surface area contributed by atoms with Crippen LogP contribution in [0.4, 0.5) is 11.4 Å². The van der Waals surface area contributed by atoms with E-state index in [0.29, 0.717) is 25.0 Å². The number of benzene rings is 2. The maximum atomic E-state index is 11.1. The first-order valence-electron chi connectivity index (χ1n) is 5.56. The van der Waals surface area contributed by atoms with Crippen molar-refractivity contribution in [3.05, 3.63) is 55.5 Å². The standard InChI is InChI=1S/C13H10BrClN2O2S/c1-7-2-4-9(15)13(12(7)16)20-11-5-3-8(14)6-10(11)17(18)19/h2-6H,16H2,1H3. The van der Waals surface area contributed by atoms with E-state index < -0.39 is 4.92 Å². The summed E-state index contributed by atoms with van der Waals surface area (Å²) in [5, 5.41) is 11.6. The van der Waals surface area contributed by atoms with Gasteiger partial charge in [0, 0.05) is 10.5 Å². The molecule has 0 saturated carbocycles. The lowest BCUT2D eigenvalue weighted by Crippen LogP contribution is -1.95. The van der Waals surface area contributed by atoms with Gasteiger partial charge in [0.15, 0.2) is 0 Å². The molecule has 0 heterocycles. The molecule has 4 nitrogen and oxygen atoms in total. The molecule has 0 amide bonds. The number of nitrogens with two attached hydrogens (primary N) is 1. The molecule has 0 radical (unpaired) electrons. The van der Waals surface area contributed by atoms with Gasteiger partial charge in [-0.2, -0.15) is 0 Å². The van der Waals surface area contributed by atoms with Gasteiger partial charge in [-0.1, -0.05) is 45.4 Å². The van der Waals surface area contributed by atoms with Crippen LogP contribution in [-0.2, 0) is 0 Å². The number of nitro benzene ring substituents is 1. The molecule has 0 saturated heterocycles. The molecule has 0 aliphatic rings. The van der Waals surface area contributed by atoms with Crippen LogP contribution in [0.3, 0.4) is 0 Å². The fourth-order valence-corrected chi connectivity index (χ4v) is 3.26. The Morgan fingerprint density at radius 2 is 2.05 bits per heavy atom. The second-order valence-corrected chi connectivity index (χ2v) is 6.45. The predicted octanol–water partition coefficient (Wildman–Crippen LogP) is 5.05. The van der Waals surface area contributed by atoms with Gasteiger partial charge in [0.25, 0.3) is 5.69 Å². The number of hydrogen-bond donors (Lipinski definition) is 1. The van der Waals surface area contributed by atoms with E-state index in [1.54, 1.807) is 18.2 Å². The Labute approximate surface area is 133 Å². The van der Waals surface area contributed by atoms with Crippen LogP contribution in [0.25, 0.3) is 0 Å². The monoisotopic (exact) mass is 372 g/mol. The van der Waals surface area contributed by atoms with E-state index in [2.05, 4.69) is 15.9 Å².